The van der Waals surface area contributed by atoms with E-state index in [0.29, 0.717) is 5.69 Å². The van der Waals surface area contributed by atoms with Gasteiger partial charge in [-0.3, -0.25) is 0 Å². The largest absolute Gasteiger partial charge is 0.397 e. The fourth-order valence-corrected chi connectivity index (χ4v) is 2.32. The molecule has 0 saturated carbocycles. The van der Waals surface area contributed by atoms with Gasteiger partial charge < -0.3 is 16.0 Å². The number of nitrogens with one attached hydrogen (secondary N) is 1. The highest BCUT2D eigenvalue weighted by molar-refractivity contribution is 9.10. The maximum atomic E-state index is 5.65. The standard InChI is InChI=1S/C12H21BrN4/c1-12(2,8-17(3)4)7-16-11-10(13)5-9(14)6-15-11/h5-6H,7-8,14H2,1-4H3,(H,15,16). The van der Waals surface area contributed by atoms with E-state index >= 15 is 0 Å². The summed E-state index contributed by atoms with van der Waals surface area (Å²) in [5.74, 6) is 0.839. The summed E-state index contributed by atoms with van der Waals surface area (Å²) in [6.07, 6.45) is 1.66. The van der Waals surface area contributed by atoms with Crippen LogP contribution in [0.5, 0.6) is 0 Å². The van der Waals surface area contributed by atoms with E-state index in [9.17, 15) is 0 Å². The van der Waals surface area contributed by atoms with Gasteiger partial charge in [0.15, 0.2) is 0 Å². The minimum Gasteiger partial charge on any atom is -0.397 e. The third-order valence-corrected chi connectivity index (χ3v) is 2.95. The summed E-state index contributed by atoms with van der Waals surface area (Å²) in [7, 11) is 4.16. The molecular formula is C12H21BrN4. The number of anilines is 2. The molecule has 0 radical (unpaired) electrons. The van der Waals surface area contributed by atoms with Gasteiger partial charge in [0.25, 0.3) is 0 Å². The van der Waals surface area contributed by atoms with Crippen LogP contribution < -0.4 is 11.1 Å². The van der Waals surface area contributed by atoms with Crippen LogP contribution in [0.1, 0.15) is 13.8 Å². The molecule has 1 heterocycles. The van der Waals surface area contributed by atoms with Crippen LogP contribution in [0.3, 0.4) is 0 Å². The summed E-state index contributed by atoms with van der Waals surface area (Å²) in [4.78, 5) is 6.45. The van der Waals surface area contributed by atoms with Crippen molar-refractivity contribution in [3.8, 4) is 0 Å². The Kier molecular flexibility index (Phi) is 4.77. The number of pyridine rings is 1. The third-order valence-electron chi connectivity index (χ3n) is 2.34. The molecule has 1 rings (SSSR count). The van der Waals surface area contributed by atoms with Crippen LogP contribution in [0.15, 0.2) is 16.7 Å². The van der Waals surface area contributed by atoms with E-state index in [0.717, 1.165) is 23.4 Å². The van der Waals surface area contributed by atoms with Gasteiger partial charge in [-0.05, 0) is 41.5 Å². The van der Waals surface area contributed by atoms with E-state index in [1.165, 1.54) is 0 Å². The Morgan fingerprint density at radius 1 is 1.47 bits per heavy atom. The second-order valence-electron chi connectivity index (χ2n) is 5.35. The number of hydrogen-bond acceptors (Lipinski definition) is 4. The maximum Gasteiger partial charge on any atom is 0.140 e. The lowest BCUT2D eigenvalue weighted by Crippen LogP contribution is -2.34. The molecule has 0 amide bonds. The normalized spacial score (nSPS) is 11.9. The Hall–Kier alpha value is -0.810. The molecule has 0 aliphatic carbocycles. The Labute approximate surface area is 112 Å². The zero-order valence-electron chi connectivity index (χ0n) is 10.9. The smallest absolute Gasteiger partial charge is 0.140 e. The van der Waals surface area contributed by atoms with Crippen LogP contribution in [0.4, 0.5) is 11.5 Å². The van der Waals surface area contributed by atoms with E-state index in [1.54, 1.807) is 6.20 Å². The van der Waals surface area contributed by atoms with Gasteiger partial charge in [-0.1, -0.05) is 13.8 Å². The van der Waals surface area contributed by atoms with Gasteiger partial charge in [-0.15, -0.1) is 0 Å². The van der Waals surface area contributed by atoms with E-state index < -0.39 is 0 Å². The molecule has 0 unspecified atom stereocenters. The average Bonchev–Trinajstić information content (AvgIpc) is 2.14. The van der Waals surface area contributed by atoms with E-state index in [1.807, 2.05) is 6.07 Å². The molecule has 96 valence electrons. The van der Waals surface area contributed by atoms with Crippen LogP contribution in [-0.2, 0) is 0 Å². The Bertz CT molecular complexity index is 377. The molecule has 1 aromatic heterocycles. The van der Waals surface area contributed by atoms with Crippen LogP contribution in [0.2, 0.25) is 0 Å². The predicted octanol–water partition coefficient (Wildman–Crippen LogP) is 2.43. The lowest BCUT2D eigenvalue weighted by Gasteiger charge is -2.28. The van der Waals surface area contributed by atoms with Crippen molar-refractivity contribution >= 4 is 27.4 Å². The average molecular weight is 301 g/mol. The molecule has 4 nitrogen and oxygen atoms in total. The van der Waals surface area contributed by atoms with Crippen molar-refractivity contribution < 1.29 is 0 Å². The van der Waals surface area contributed by atoms with Gasteiger partial charge in [0.1, 0.15) is 5.82 Å². The van der Waals surface area contributed by atoms with Crippen molar-refractivity contribution in [3.63, 3.8) is 0 Å². The molecule has 1 aromatic rings. The monoisotopic (exact) mass is 300 g/mol. The predicted molar refractivity (Wildman–Crippen MR) is 77.2 cm³/mol. The van der Waals surface area contributed by atoms with Gasteiger partial charge in [-0.2, -0.15) is 0 Å². The lowest BCUT2D eigenvalue weighted by atomic mass is 9.93. The molecule has 0 aliphatic rings. The molecule has 0 aromatic carbocycles. The SMILES string of the molecule is CN(C)CC(C)(C)CNc1ncc(N)cc1Br. The van der Waals surface area contributed by atoms with Crippen LogP contribution in [0, 0.1) is 5.41 Å². The molecule has 0 bridgehead atoms. The quantitative estimate of drug-likeness (QED) is 0.877. The minimum atomic E-state index is 0.187. The molecule has 0 saturated heterocycles. The Morgan fingerprint density at radius 2 is 2.12 bits per heavy atom. The van der Waals surface area contributed by atoms with Gasteiger partial charge in [0.2, 0.25) is 0 Å². The first-order valence-electron chi connectivity index (χ1n) is 5.60. The summed E-state index contributed by atoms with van der Waals surface area (Å²) in [5, 5.41) is 3.35. The number of nitrogens with two attached hydrogens (primary N) is 1. The molecular weight excluding hydrogens is 280 g/mol. The Balaban J connectivity index is 2.61. The second-order valence-corrected chi connectivity index (χ2v) is 6.21. The fourth-order valence-electron chi connectivity index (χ4n) is 1.82. The van der Waals surface area contributed by atoms with Crippen molar-refractivity contribution in [2.24, 2.45) is 5.41 Å². The first-order chi connectivity index (χ1) is 7.80. The fraction of sp³-hybridized carbons (Fsp3) is 0.583. The highest BCUT2D eigenvalue weighted by Gasteiger charge is 2.19. The molecule has 3 N–H and O–H groups in total. The van der Waals surface area contributed by atoms with E-state index in [2.05, 4.69) is 59.1 Å². The first kappa shape index (κ1) is 14.3. The molecule has 0 spiro atoms. The van der Waals surface area contributed by atoms with Crippen molar-refractivity contribution in [1.29, 1.82) is 0 Å². The van der Waals surface area contributed by atoms with Crippen molar-refractivity contribution in [2.45, 2.75) is 13.8 Å². The highest BCUT2D eigenvalue weighted by atomic mass is 79.9. The topological polar surface area (TPSA) is 54.2 Å². The Morgan fingerprint density at radius 3 is 2.65 bits per heavy atom. The third kappa shape index (κ3) is 4.91. The summed E-state index contributed by atoms with van der Waals surface area (Å²) in [6, 6.07) is 1.86. The van der Waals surface area contributed by atoms with Crippen LogP contribution in [0.25, 0.3) is 0 Å². The number of halogens is 1. The molecule has 5 heteroatoms. The number of aromatic nitrogens is 1. The second kappa shape index (κ2) is 5.69. The van der Waals surface area contributed by atoms with E-state index in [-0.39, 0.29) is 5.41 Å². The summed E-state index contributed by atoms with van der Waals surface area (Å²) in [6.45, 7) is 6.34. The molecule has 0 atom stereocenters. The summed E-state index contributed by atoms with van der Waals surface area (Å²) in [5.41, 5.74) is 6.50. The number of hydrogen-bond donors (Lipinski definition) is 2. The summed E-state index contributed by atoms with van der Waals surface area (Å²) >= 11 is 3.45. The van der Waals surface area contributed by atoms with Crippen molar-refractivity contribution in [3.05, 3.63) is 16.7 Å². The zero-order chi connectivity index (χ0) is 13.1. The first-order valence-corrected chi connectivity index (χ1v) is 6.39. The lowest BCUT2D eigenvalue weighted by molar-refractivity contribution is 0.254. The van der Waals surface area contributed by atoms with Gasteiger partial charge in [0.05, 0.1) is 16.4 Å². The van der Waals surface area contributed by atoms with Crippen LogP contribution >= 0.6 is 15.9 Å². The highest BCUT2D eigenvalue weighted by Crippen LogP contribution is 2.24. The number of nitrogen functional groups attached to an aromatic ring is 1. The number of nitrogens with zero attached hydrogens (tertiary/aromatic N) is 2. The van der Waals surface area contributed by atoms with Gasteiger partial charge in [-0.25, -0.2) is 4.98 Å². The van der Waals surface area contributed by atoms with Crippen LogP contribution in [-0.4, -0.2) is 37.1 Å². The molecule has 0 aliphatic heterocycles. The van der Waals surface area contributed by atoms with Crippen molar-refractivity contribution in [1.82, 2.24) is 9.88 Å². The van der Waals surface area contributed by atoms with Gasteiger partial charge >= 0.3 is 0 Å². The maximum absolute atomic E-state index is 5.65. The zero-order valence-corrected chi connectivity index (χ0v) is 12.5. The summed E-state index contributed by atoms with van der Waals surface area (Å²) < 4.78 is 0.901. The minimum absolute atomic E-state index is 0.187. The molecule has 0 fully saturated rings. The van der Waals surface area contributed by atoms with Gasteiger partial charge in [0, 0.05) is 13.1 Å². The van der Waals surface area contributed by atoms with E-state index in [4.69, 9.17) is 5.73 Å². The van der Waals surface area contributed by atoms with Crippen molar-refractivity contribution in [2.75, 3.05) is 38.2 Å². The molecule has 17 heavy (non-hydrogen) atoms. The number of rotatable bonds is 5.